The average molecular weight is 380 g/mol. The fourth-order valence-corrected chi connectivity index (χ4v) is 4.40. The minimum Gasteiger partial charge on any atom is -0.496 e. The Kier molecular flexibility index (Phi) is 5.53. The van der Waals surface area contributed by atoms with Crippen molar-refractivity contribution in [1.82, 2.24) is 10.4 Å². The van der Waals surface area contributed by atoms with Crippen LogP contribution in [0.5, 0.6) is 11.5 Å². The molecule has 2 aliphatic rings. The third kappa shape index (κ3) is 3.99. The molecule has 0 saturated heterocycles. The van der Waals surface area contributed by atoms with Gasteiger partial charge in [-0.15, -0.1) is 0 Å². The highest BCUT2D eigenvalue weighted by Gasteiger charge is 2.24. The van der Waals surface area contributed by atoms with Crippen LogP contribution in [-0.2, 0) is 24.1 Å². The van der Waals surface area contributed by atoms with Crippen LogP contribution in [0.3, 0.4) is 0 Å². The molecule has 0 fully saturated rings. The number of carbonyl (C=O) groups excluding carboxylic acids is 1. The van der Waals surface area contributed by atoms with Gasteiger partial charge in [0.2, 0.25) is 0 Å². The number of likely N-dealkylation sites (N-methyl/N-ethyl adjacent to an activating group) is 1. The Labute approximate surface area is 166 Å². The lowest BCUT2D eigenvalue weighted by molar-refractivity contribution is -0.128. The maximum atomic E-state index is 11.4. The molecule has 1 amide bonds. The number of carbonyl (C=O) groups is 1. The molecule has 0 spiro atoms. The smallest absolute Gasteiger partial charge is 0.257 e. The maximum absolute atomic E-state index is 11.4. The Morgan fingerprint density at radius 2 is 2.18 bits per heavy atom. The topological polar surface area (TPSA) is 50.8 Å². The van der Waals surface area contributed by atoms with Crippen LogP contribution in [0, 0.1) is 0 Å². The van der Waals surface area contributed by atoms with Gasteiger partial charge in [0.15, 0.2) is 5.75 Å². The van der Waals surface area contributed by atoms with Crippen molar-refractivity contribution in [3.63, 3.8) is 0 Å². The molecule has 148 valence electrons. The van der Waals surface area contributed by atoms with Gasteiger partial charge in [-0.2, -0.15) is 5.48 Å². The molecule has 5 nitrogen and oxygen atoms in total. The van der Waals surface area contributed by atoms with Crippen molar-refractivity contribution in [3.05, 3.63) is 58.7 Å². The maximum Gasteiger partial charge on any atom is 0.257 e. The zero-order valence-electron chi connectivity index (χ0n) is 16.7. The van der Waals surface area contributed by atoms with E-state index >= 15 is 0 Å². The summed E-state index contributed by atoms with van der Waals surface area (Å²) in [5.41, 5.74) is 7.47. The summed E-state index contributed by atoms with van der Waals surface area (Å²) in [7, 11) is 3.96. The van der Waals surface area contributed by atoms with Crippen LogP contribution in [0.25, 0.3) is 0 Å². The zero-order valence-corrected chi connectivity index (χ0v) is 16.7. The Morgan fingerprint density at radius 3 is 3.04 bits per heavy atom. The molecule has 4 rings (SSSR count). The summed E-state index contributed by atoms with van der Waals surface area (Å²) in [4.78, 5) is 19.2. The zero-order chi connectivity index (χ0) is 19.5. The Hall–Kier alpha value is -2.53. The first kappa shape index (κ1) is 18.8. The number of hydroxylamine groups is 1. The van der Waals surface area contributed by atoms with Crippen LogP contribution in [0.15, 0.2) is 36.4 Å². The van der Waals surface area contributed by atoms with Gasteiger partial charge >= 0.3 is 0 Å². The number of amides is 1. The van der Waals surface area contributed by atoms with E-state index in [9.17, 15) is 4.79 Å². The van der Waals surface area contributed by atoms with E-state index in [0.717, 1.165) is 43.0 Å². The minimum absolute atomic E-state index is 0.0932. The first-order valence-corrected chi connectivity index (χ1v) is 10.1. The lowest BCUT2D eigenvalue weighted by Crippen LogP contribution is -2.33. The van der Waals surface area contributed by atoms with Gasteiger partial charge in [-0.1, -0.05) is 24.3 Å². The molecule has 1 aliphatic carbocycles. The first-order valence-electron chi connectivity index (χ1n) is 10.1. The van der Waals surface area contributed by atoms with Crippen molar-refractivity contribution < 1.29 is 14.4 Å². The van der Waals surface area contributed by atoms with E-state index in [4.69, 9.17) is 9.57 Å². The molecule has 2 aromatic carbocycles. The molecule has 0 bridgehead atoms. The standard InChI is InChI=1S/C23H28N2O3/c1-25(12-11-16-9-10-17-14-23(26)24-28-22(17)13-16)15-18-5-3-7-20-19(18)6-4-8-21(20)27-2/h4,6,8-10,13,18H,3,5,7,11-12,14-15H2,1-2H3,(H,24,26). The summed E-state index contributed by atoms with van der Waals surface area (Å²) < 4.78 is 5.57. The molecular formula is C23H28N2O3. The van der Waals surface area contributed by atoms with Gasteiger partial charge < -0.3 is 14.5 Å². The quantitative estimate of drug-likeness (QED) is 0.836. The van der Waals surface area contributed by atoms with Gasteiger partial charge in [0.1, 0.15) is 5.75 Å². The summed E-state index contributed by atoms with van der Waals surface area (Å²) in [5, 5.41) is 0. The summed E-state index contributed by atoms with van der Waals surface area (Å²) in [6, 6.07) is 12.6. The van der Waals surface area contributed by atoms with Gasteiger partial charge in [0, 0.05) is 18.7 Å². The van der Waals surface area contributed by atoms with Crippen LogP contribution in [0.2, 0.25) is 0 Å². The Morgan fingerprint density at radius 1 is 1.29 bits per heavy atom. The Balaban J connectivity index is 1.37. The van der Waals surface area contributed by atoms with E-state index in [1.807, 2.05) is 12.1 Å². The lowest BCUT2D eigenvalue weighted by Gasteiger charge is -2.30. The second kappa shape index (κ2) is 8.23. The third-order valence-corrected chi connectivity index (χ3v) is 5.88. The van der Waals surface area contributed by atoms with E-state index in [1.165, 1.54) is 29.5 Å². The second-order valence-electron chi connectivity index (χ2n) is 7.88. The number of hydrogen-bond donors (Lipinski definition) is 1. The Bertz CT molecular complexity index is 865. The van der Waals surface area contributed by atoms with E-state index in [0.29, 0.717) is 12.3 Å². The molecule has 1 atom stereocenters. The van der Waals surface area contributed by atoms with Crippen LogP contribution in [0.1, 0.15) is 41.0 Å². The molecule has 1 N–H and O–H groups in total. The molecule has 28 heavy (non-hydrogen) atoms. The SMILES string of the molecule is COc1cccc2c1CCCC2CN(C)CCc1ccc2c(c1)ONC(=O)C2. The van der Waals surface area contributed by atoms with Gasteiger partial charge in [-0.3, -0.25) is 4.79 Å². The first-order chi connectivity index (χ1) is 13.6. The van der Waals surface area contributed by atoms with Crippen molar-refractivity contribution in [2.24, 2.45) is 0 Å². The average Bonchev–Trinajstić information content (AvgIpc) is 2.72. The number of rotatable bonds is 6. The summed E-state index contributed by atoms with van der Waals surface area (Å²) in [5.74, 6) is 2.27. The van der Waals surface area contributed by atoms with Crippen LogP contribution in [-0.4, -0.2) is 38.1 Å². The molecule has 0 aromatic heterocycles. The fourth-order valence-electron chi connectivity index (χ4n) is 4.40. The minimum atomic E-state index is -0.0932. The van der Waals surface area contributed by atoms with Gasteiger partial charge in [-0.25, -0.2) is 0 Å². The molecule has 1 unspecified atom stereocenters. The number of ether oxygens (including phenoxy) is 1. The molecule has 5 heteroatoms. The number of benzene rings is 2. The monoisotopic (exact) mass is 380 g/mol. The van der Waals surface area contributed by atoms with Gasteiger partial charge in [0.25, 0.3) is 5.91 Å². The van der Waals surface area contributed by atoms with Gasteiger partial charge in [-0.05, 0) is 67.5 Å². The number of methoxy groups -OCH3 is 1. The predicted octanol–water partition coefficient (Wildman–Crippen LogP) is 3.26. The highest BCUT2D eigenvalue weighted by molar-refractivity contribution is 5.80. The summed E-state index contributed by atoms with van der Waals surface area (Å²) in [6.45, 7) is 2.04. The number of nitrogens with one attached hydrogen (secondary N) is 1. The molecule has 2 aromatic rings. The van der Waals surface area contributed by atoms with E-state index < -0.39 is 0 Å². The molecule has 0 radical (unpaired) electrons. The third-order valence-electron chi connectivity index (χ3n) is 5.88. The van der Waals surface area contributed by atoms with Gasteiger partial charge in [0.05, 0.1) is 13.5 Å². The van der Waals surface area contributed by atoms with Crippen molar-refractivity contribution in [2.45, 2.75) is 38.0 Å². The molecule has 0 saturated carbocycles. The van der Waals surface area contributed by atoms with E-state index in [-0.39, 0.29) is 5.91 Å². The summed E-state index contributed by atoms with van der Waals surface area (Å²) in [6.07, 6.45) is 4.92. The number of nitrogens with zero attached hydrogens (tertiary/aromatic N) is 1. The van der Waals surface area contributed by atoms with Crippen LogP contribution < -0.4 is 15.1 Å². The highest BCUT2D eigenvalue weighted by Crippen LogP contribution is 2.37. The summed E-state index contributed by atoms with van der Waals surface area (Å²) >= 11 is 0. The van der Waals surface area contributed by atoms with Crippen molar-refractivity contribution >= 4 is 5.91 Å². The van der Waals surface area contributed by atoms with Crippen molar-refractivity contribution in [2.75, 3.05) is 27.2 Å². The largest absolute Gasteiger partial charge is 0.496 e. The fraction of sp³-hybridized carbons (Fsp3) is 0.435. The van der Waals surface area contributed by atoms with Crippen LogP contribution in [0.4, 0.5) is 0 Å². The molecule has 1 aliphatic heterocycles. The predicted molar refractivity (Wildman–Crippen MR) is 109 cm³/mol. The van der Waals surface area contributed by atoms with Crippen LogP contribution >= 0.6 is 0 Å². The molecular weight excluding hydrogens is 352 g/mol. The number of fused-ring (bicyclic) bond motifs is 2. The van der Waals surface area contributed by atoms with Crippen molar-refractivity contribution in [3.8, 4) is 11.5 Å². The highest BCUT2D eigenvalue weighted by atomic mass is 16.7. The van der Waals surface area contributed by atoms with Crippen molar-refractivity contribution in [1.29, 1.82) is 0 Å². The normalized spacial score (nSPS) is 18.1. The number of hydrogen-bond acceptors (Lipinski definition) is 4. The second-order valence-corrected chi connectivity index (χ2v) is 7.88. The lowest BCUT2D eigenvalue weighted by atomic mass is 9.82. The van der Waals surface area contributed by atoms with E-state index in [1.54, 1.807) is 7.11 Å². The molecule has 1 heterocycles. The van der Waals surface area contributed by atoms with E-state index in [2.05, 4.69) is 41.7 Å².